The second-order valence-electron chi connectivity index (χ2n) is 3.18. The summed E-state index contributed by atoms with van der Waals surface area (Å²) in [5.41, 5.74) is 0.359. The molecular formula is C11H12O4S. The fourth-order valence-corrected chi connectivity index (χ4v) is 1.62. The Hall–Kier alpha value is -1.59. The van der Waals surface area contributed by atoms with E-state index in [1.807, 2.05) is 0 Å². The topological polar surface area (TPSA) is 74.6 Å². The van der Waals surface area contributed by atoms with Crippen LogP contribution in [-0.4, -0.2) is 18.1 Å². The smallest absolute Gasteiger partial charge is 0.290 e. The Kier molecular flexibility index (Phi) is 3.87. The van der Waals surface area contributed by atoms with Gasteiger partial charge in [0.1, 0.15) is 5.76 Å². The third kappa shape index (κ3) is 3.52. The van der Waals surface area contributed by atoms with Crippen molar-refractivity contribution in [1.82, 2.24) is 0 Å². The minimum atomic E-state index is -4.18. The van der Waals surface area contributed by atoms with Crippen LogP contribution in [0, 0.1) is 0 Å². The molecule has 4 nitrogen and oxygen atoms in total. The highest BCUT2D eigenvalue weighted by molar-refractivity contribution is 7.89. The second kappa shape index (κ2) is 4.96. The van der Waals surface area contributed by atoms with Crippen LogP contribution in [0.5, 0.6) is 0 Å². The maximum atomic E-state index is 10.9. The van der Waals surface area contributed by atoms with E-state index in [0.29, 0.717) is 5.57 Å². The normalized spacial score (nSPS) is 28.4. The average molecular weight is 240 g/mol. The third-order valence-corrected chi connectivity index (χ3v) is 2.91. The quantitative estimate of drug-likeness (QED) is 0.689. The van der Waals surface area contributed by atoms with Crippen molar-refractivity contribution in [2.24, 2.45) is 0 Å². The molecule has 86 valence electrons. The van der Waals surface area contributed by atoms with Gasteiger partial charge in [-0.15, -0.1) is 0 Å². The standard InChI is InChI=1S/C11H12O4S/c1-9-5-4-7-10(16(13,14)15)6-2-3-8-11(9)12/h2-5,7-8,12H,1,6H2,(H,13,14,15)/b3-2-,5-4-,10-7+,11-8+. The van der Waals surface area contributed by atoms with Crippen molar-refractivity contribution >= 4 is 10.1 Å². The number of rotatable bonds is 1. The molecule has 0 aromatic rings. The van der Waals surface area contributed by atoms with Crippen LogP contribution >= 0.6 is 0 Å². The monoisotopic (exact) mass is 240 g/mol. The summed E-state index contributed by atoms with van der Waals surface area (Å²) in [6.07, 6.45) is 8.62. The van der Waals surface area contributed by atoms with Crippen molar-refractivity contribution in [3.05, 3.63) is 59.3 Å². The summed E-state index contributed by atoms with van der Waals surface area (Å²) in [6.45, 7) is 3.58. The Morgan fingerprint density at radius 1 is 1.25 bits per heavy atom. The molecule has 1 aliphatic rings. The first-order valence-corrected chi connectivity index (χ1v) is 5.95. The lowest BCUT2D eigenvalue weighted by atomic mass is 10.2. The maximum absolute atomic E-state index is 10.9. The van der Waals surface area contributed by atoms with Gasteiger partial charge in [0.05, 0.1) is 4.91 Å². The molecule has 0 aromatic heterocycles. The number of aliphatic hydroxyl groups is 1. The molecule has 0 fully saturated rings. The molecule has 0 spiro atoms. The fourth-order valence-electron chi connectivity index (χ4n) is 1.07. The SMILES string of the molecule is C=C1/C=C\C=C(\S(=O)(=O)O)C/C=C\C=C/1O. The predicted octanol–water partition coefficient (Wildman–Crippen LogP) is 2.27. The van der Waals surface area contributed by atoms with E-state index < -0.39 is 10.1 Å². The Labute approximate surface area is 94.4 Å². The van der Waals surface area contributed by atoms with Gasteiger partial charge in [0.15, 0.2) is 0 Å². The van der Waals surface area contributed by atoms with Crippen LogP contribution in [-0.2, 0) is 10.1 Å². The van der Waals surface area contributed by atoms with Crippen LogP contribution in [0.1, 0.15) is 6.42 Å². The zero-order valence-electron chi connectivity index (χ0n) is 8.50. The van der Waals surface area contributed by atoms with Crippen LogP contribution in [0.4, 0.5) is 0 Å². The molecule has 2 N–H and O–H groups in total. The molecule has 16 heavy (non-hydrogen) atoms. The molecule has 1 aliphatic carbocycles. The molecule has 0 bridgehead atoms. The van der Waals surface area contributed by atoms with Gasteiger partial charge in [0.2, 0.25) is 0 Å². The van der Waals surface area contributed by atoms with E-state index >= 15 is 0 Å². The van der Waals surface area contributed by atoms with Crippen LogP contribution < -0.4 is 0 Å². The van der Waals surface area contributed by atoms with E-state index in [-0.39, 0.29) is 17.1 Å². The molecule has 0 heterocycles. The van der Waals surface area contributed by atoms with E-state index in [4.69, 9.17) is 4.55 Å². The third-order valence-electron chi connectivity index (χ3n) is 1.95. The lowest BCUT2D eigenvalue weighted by molar-refractivity contribution is 0.427. The van der Waals surface area contributed by atoms with Gasteiger partial charge in [-0.25, -0.2) is 0 Å². The molecule has 0 radical (unpaired) electrons. The van der Waals surface area contributed by atoms with Gasteiger partial charge >= 0.3 is 0 Å². The minimum Gasteiger partial charge on any atom is -0.507 e. The van der Waals surface area contributed by atoms with Crippen LogP contribution in [0.25, 0.3) is 0 Å². The van der Waals surface area contributed by atoms with Gasteiger partial charge in [0, 0.05) is 12.0 Å². The maximum Gasteiger partial charge on any atom is 0.290 e. The Morgan fingerprint density at radius 2 is 1.94 bits per heavy atom. The van der Waals surface area contributed by atoms with Crippen molar-refractivity contribution < 1.29 is 18.1 Å². The van der Waals surface area contributed by atoms with Gasteiger partial charge in [-0.05, 0) is 12.2 Å². The summed E-state index contributed by atoms with van der Waals surface area (Å²) in [4.78, 5) is -0.109. The van der Waals surface area contributed by atoms with Crippen molar-refractivity contribution in [3.8, 4) is 0 Å². The van der Waals surface area contributed by atoms with Crippen LogP contribution in [0.15, 0.2) is 59.3 Å². The van der Waals surface area contributed by atoms with Gasteiger partial charge < -0.3 is 5.11 Å². The zero-order chi connectivity index (χ0) is 12.2. The molecule has 0 unspecified atom stereocenters. The molecule has 0 aromatic carbocycles. The zero-order valence-corrected chi connectivity index (χ0v) is 9.31. The molecule has 0 amide bonds. The molecule has 0 aliphatic heterocycles. The van der Waals surface area contributed by atoms with E-state index in [9.17, 15) is 13.5 Å². The second-order valence-corrected chi connectivity index (χ2v) is 4.65. The molecule has 0 atom stereocenters. The van der Waals surface area contributed by atoms with Crippen molar-refractivity contribution in [1.29, 1.82) is 0 Å². The first kappa shape index (κ1) is 12.5. The average Bonchev–Trinajstić information content (AvgIpc) is 2.18. The number of allylic oxidation sites excluding steroid dienone is 7. The highest BCUT2D eigenvalue weighted by atomic mass is 32.2. The van der Waals surface area contributed by atoms with E-state index in [1.54, 1.807) is 0 Å². The van der Waals surface area contributed by atoms with Gasteiger partial charge in [0.25, 0.3) is 10.1 Å². The van der Waals surface area contributed by atoms with Gasteiger partial charge in [-0.2, -0.15) is 8.42 Å². The van der Waals surface area contributed by atoms with Crippen LogP contribution in [0.3, 0.4) is 0 Å². The number of hydrogen-bond donors (Lipinski definition) is 2. The van der Waals surface area contributed by atoms with E-state index in [0.717, 1.165) is 0 Å². The van der Waals surface area contributed by atoms with Crippen molar-refractivity contribution in [3.63, 3.8) is 0 Å². The summed E-state index contributed by atoms with van der Waals surface area (Å²) >= 11 is 0. The first-order valence-electron chi connectivity index (χ1n) is 4.51. The molecular weight excluding hydrogens is 228 g/mol. The highest BCUT2D eigenvalue weighted by Crippen LogP contribution is 2.14. The fraction of sp³-hybridized carbons (Fsp3) is 0.0909. The summed E-state index contributed by atoms with van der Waals surface area (Å²) < 4.78 is 30.7. The van der Waals surface area contributed by atoms with E-state index in [1.165, 1.54) is 36.5 Å². The lowest BCUT2D eigenvalue weighted by Crippen LogP contribution is -2.00. The number of hydrogen-bond acceptors (Lipinski definition) is 3. The summed E-state index contributed by atoms with van der Waals surface area (Å²) in [6, 6.07) is 0. The lowest BCUT2D eigenvalue weighted by Gasteiger charge is -2.01. The molecule has 5 heteroatoms. The van der Waals surface area contributed by atoms with Crippen molar-refractivity contribution in [2.75, 3.05) is 0 Å². The number of aliphatic hydroxyl groups excluding tert-OH is 1. The Balaban J connectivity index is 3.10. The summed E-state index contributed by atoms with van der Waals surface area (Å²) in [7, 11) is -4.18. The molecule has 1 rings (SSSR count). The summed E-state index contributed by atoms with van der Waals surface area (Å²) in [5.74, 6) is 0.0104. The Morgan fingerprint density at radius 3 is 2.56 bits per heavy atom. The highest BCUT2D eigenvalue weighted by Gasteiger charge is 2.11. The molecule has 0 saturated carbocycles. The van der Waals surface area contributed by atoms with Gasteiger partial charge in [-0.3, -0.25) is 4.55 Å². The van der Waals surface area contributed by atoms with Crippen LogP contribution in [0.2, 0.25) is 0 Å². The first-order chi connectivity index (χ1) is 7.41. The summed E-state index contributed by atoms with van der Waals surface area (Å²) in [5, 5.41) is 9.40. The minimum absolute atomic E-state index is 0.0104. The van der Waals surface area contributed by atoms with Gasteiger partial charge in [-0.1, -0.05) is 30.9 Å². The van der Waals surface area contributed by atoms with Crippen molar-refractivity contribution in [2.45, 2.75) is 6.42 Å². The Bertz CT molecular complexity index is 504. The van der Waals surface area contributed by atoms with E-state index in [2.05, 4.69) is 6.58 Å². The largest absolute Gasteiger partial charge is 0.507 e. The molecule has 0 saturated heterocycles. The predicted molar refractivity (Wildman–Crippen MR) is 62.4 cm³/mol.